The summed E-state index contributed by atoms with van der Waals surface area (Å²) in [5, 5.41) is 10.7. The van der Waals surface area contributed by atoms with Gasteiger partial charge in [0.05, 0.1) is 12.8 Å². The van der Waals surface area contributed by atoms with E-state index in [4.69, 9.17) is 4.74 Å². The van der Waals surface area contributed by atoms with Gasteiger partial charge in [0.2, 0.25) is 5.54 Å². The predicted octanol–water partition coefficient (Wildman–Crippen LogP) is 1.84. The molecule has 2 bridgehead atoms. The van der Waals surface area contributed by atoms with Crippen LogP contribution in [0, 0.1) is 5.92 Å². The zero-order valence-electron chi connectivity index (χ0n) is 12.0. The molecular formula is C15H18N4O2. The number of rotatable bonds is 2. The summed E-state index contributed by atoms with van der Waals surface area (Å²) in [5.41, 5.74) is 0.103. The molecule has 3 fully saturated rings. The first-order valence-electron chi connectivity index (χ1n) is 7.37. The second-order valence-electron chi connectivity index (χ2n) is 5.87. The first-order valence-corrected chi connectivity index (χ1v) is 7.37. The van der Waals surface area contributed by atoms with E-state index in [1.807, 2.05) is 35.3 Å². The Balaban J connectivity index is 1.79. The Hall–Kier alpha value is -1.95. The van der Waals surface area contributed by atoms with Crippen LogP contribution in [0.25, 0.3) is 0 Å². The van der Waals surface area contributed by atoms with E-state index in [1.165, 1.54) is 7.11 Å². The summed E-state index contributed by atoms with van der Waals surface area (Å²) in [4.78, 5) is 14.8. The molecule has 110 valence electrons. The van der Waals surface area contributed by atoms with Crippen LogP contribution in [0.15, 0.2) is 40.7 Å². The molecule has 4 heterocycles. The van der Waals surface area contributed by atoms with Crippen molar-refractivity contribution in [1.29, 1.82) is 0 Å². The molecule has 21 heavy (non-hydrogen) atoms. The fourth-order valence-corrected chi connectivity index (χ4v) is 3.97. The van der Waals surface area contributed by atoms with E-state index >= 15 is 0 Å². The summed E-state index contributed by atoms with van der Waals surface area (Å²) < 4.78 is 5.09. The summed E-state index contributed by atoms with van der Waals surface area (Å²) in [6.07, 6.45) is 1.81. The van der Waals surface area contributed by atoms with E-state index in [-0.39, 0.29) is 18.1 Å². The topological polar surface area (TPSA) is 57.5 Å². The van der Waals surface area contributed by atoms with E-state index in [1.54, 1.807) is 0 Å². The van der Waals surface area contributed by atoms with Crippen LogP contribution in [0.5, 0.6) is 0 Å². The second kappa shape index (κ2) is 4.53. The summed E-state index contributed by atoms with van der Waals surface area (Å²) in [7, 11) is 1.44. The number of anilines is 1. The first-order chi connectivity index (χ1) is 10.3. The van der Waals surface area contributed by atoms with Crippen LogP contribution in [-0.2, 0) is 9.53 Å². The number of esters is 1. The van der Waals surface area contributed by atoms with E-state index in [0.29, 0.717) is 0 Å². The van der Waals surface area contributed by atoms with Crippen molar-refractivity contribution in [1.82, 2.24) is 4.90 Å². The highest BCUT2D eigenvalue weighted by Gasteiger charge is 2.65. The average Bonchev–Trinajstić information content (AvgIpc) is 3.00. The lowest BCUT2D eigenvalue weighted by Crippen LogP contribution is -2.70. The molecule has 0 amide bonds. The van der Waals surface area contributed by atoms with Crippen LogP contribution < -0.4 is 5.01 Å². The van der Waals surface area contributed by atoms with Crippen molar-refractivity contribution in [2.45, 2.75) is 24.5 Å². The molecule has 0 saturated carbocycles. The number of methoxy groups -OCH3 is 1. The molecule has 0 aliphatic carbocycles. The van der Waals surface area contributed by atoms with Gasteiger partial charge in [0, 0.05) is 19.0 Å². The van der Waals surface area contributed by atoms with Gasteiger partial charge in [-0.25, -0.2) is 9.80 Å². The van der Waals surface area contributed by atoms with Gasteiger partial charge in [0.15, 0.2) is 0 Å². The Morgan fingerprint density at radius 3 is 2.67 bits per heavy atom. The third kappa shape index (κ3) is 1.59. The van der Waals surface area contributed by atoms with Crippen LogP contribution in [0.3, 0.4) is 0 Å². The zero-order chi connectivity index (χ0) is 14.4. The van der Waals surface area contributed by atoms with Crippen molar-refractivity contribution in [3.8, 4) is 0 Å². The van der Waals surface area contributed by atoms with Gasteiger partial charge in [-0.05, 0) is 25.0 Å². The third-order valence-corrected chi connectivity index (χ3v) is 4.96. The number of piperidine rings is 3. The highest BCUT2D eigenvalue weighted by atomic mass is 16.5. The Morgan fingerprint density at radius 1 is 1.29 bits per heavy atom. The molecule has 1 unspecified atom stereocenters. The fourth-order valence-electron chi connectivity index (χ4n) is 3.97. The minimum absolute atomic E-state index is 0.153. The largest absolute Gasteiger partial charge is 0.467 e. The highest BCUT2D eigenvalue weighted by Crippen LogP contribution is 2.49. The van der Waals surface area contributed by atoms with Crippen LogP contribution in [-0.4, -0.2) is 42.8 Å². The van der Waals surface area contributed by atoms with E-state index in [9.17, 15) is 4.79 Å². The van der Waals surface area contributed by atoms with Gasteiger partial charge < -0.3 is 4.74 Å². The average molecular weight is 286 g/mol. The standard InChI is InChI=1S/C15H18N4O2/c1-21-14(20)15-11-7-9-18(10-8-11)13(15)19(17-16-15)12-5-3-2-4-6-12/h2-6,11,13H,7-10H2,1H3/t13?,15-/m0/s1. The van der Waals surface area contributed by atoms with Crippen LogP contribution in [0.2, 0.25) is 0 Å². The number of hydrogen-bond donors (Lipinski definition) is 0. The zero-order valence-corrected chi connectivity index (χ0v) is 12.0. The van der Waals surface area contributed by atoms with Crippen molar-refractivity contribution in [2.75, 3.05) is 25.2 Å². The number of fused-ring (bicyclic) bond motifs is 2. The Kier molecular flexibility index (Phi) is 2.75. The molecule has 4 aliphatic heterocycles. The number of nitrogens with zero attached hydrogens (tertiary/aromatic N) is 4. The maximum atomic E-state index is 12.5. The number of carbonyl (C=O) groups excluding carboxylic acids is 1. The molecule has 6 heteroatoms. The maximum Gasteiger partial charge on any atom is 0.339 e. The van der Waals surface area contributed by atoms with Crippen LogP contribution >= 0.6 is 0 Å². The minimum atomic E-state index is -0.860. The molecule has 1 aromatic rings. The first kappa shape index (κ1) is 12.8. The van der Waals surface area contributed by atoms with Gasteiger partial charge in [0.1, 0.15) is 6.17 Å². The lowest BCUT2D eigenvalue weighted by Gasteiger charge is -2.52. The molecule has 1 aromatic carbocycles. The molecule has 0 radical (unpaired) electrons. The number of carbonyl (C=O) groups is 1. The predicted molar refractivity (Wildman–Crippen MR) is 76.6 cm³/mol. The van der Waals surface area contributed by atoms with Crippen molar-refractivity contribution < 1.29 is 9.53 Å². The third-order valence-electron chi connectivity index (χ3n) is 4.96. The van der Waals surface area contributed by atoms with E-state index in [2.05, 4.69) is 15.2 Å². The summed E-state index contributed by atoms with van der Waals surface area (Å²) in [6, 6.07) is 9.90. The quantitative estimate of drug-likeness (QED) is 0.778. The molecule has 4 aliphatic rings. The number of hydrogen-bond acceptors (Lipinski definition) is 6. The molecule has 2 atom stereocenters. The smallest absolute Gasteiger partial charge is 0.339 e. The molecular weight excluding hydrogens is 268 g/mol. The number of para-hydroxylation sites is 1. The van der Waals surface area contributed by atoms with Crippen molar-refractivity contribution in [2.24, 2.45) is 16.3 Å². The Morgan fingerprint density at radius 2 is 2.00 bits per heavy atom. The summed E-state index contributed by atoms with van der Waals surface area (Å²) in [6.45, 7) is 1.98. The van der Waals surface area contributed by atoms with Gasteiger partial charge in [-0.1, -0.05) is 23.4 Å². The van der Waals surface area contributed by atoms with Crippen molar-refractivity contribution >= 4 is 11.7 Å². The Bertz CT molecular complexity index is 583. The summed E-state index contributed by atoms with van der Waals surface area (Å²) in [5.74, 6) is -0.0403. The Labute approximate surface area is 123 Å². The molecule has 6 nitrogen and oxygen atoms in total. The monoisotopic (exact) mass is 286 g/mol. The van der Waals surface area contributed by atoms with Gasteiger partial charge in [-0.2, -0.15) is 0 Å². The number of benzene rings is 1. The van der Waals surface area contributed by atoms with Crippen molar-refractivity contribution in [3.63, 3.8) is 0 Å². The molecule has 0 aromatic heterocycles. The second-order valence-corrected chi connectivity index (χ2v) is 5.87. The lowest BCUT2D eigenvalue weighted by molar-refractivity contribution is -0.158. The maximum absolute atomic E-state index is 12.5. The van der Waals surface area contributed by atoms with Gasteiger partial charge in [-0.3, -0.25) is 4.90 Å². The minimum Gasteiger partial charge on any atom is -0.467 e. The normalized spacial score (nSPS) is 36.6. The summed E-state index contributed by atoms with van der Waals surface area (Å²) >= 11 is 0. The van der Waals surface area contributed by atoms with Gasteiger partial charge in [-0.15, -0.1) is 5.11 Å². The van der Waals surface area contributed by atoms with E-state index < -0.39 is 5.54 Å². The molecule has 3 saturated heterocycles. The highest BCUT2D eigenvalue weighted by molar-refractivity contribution is 5.84. The van der Waals surface area contributed by atoms with Gasteiger partial charge in [0.25, 0.3) is 0 Å². The SMILES string of the molecule is COC(=O)[C@@]12N=NN(c3ccccc3)C1N1CCC2CC1. The molecule has 5 rings (SSSR count). The number of ether oxygens (including phenoxy) is 1. The fraction of sp³-hybridized carbons (Fsp3) is 0.533. The van der Waals surface area contributed by atoms with Crippen LogP contribution in [0.1, 0.15) is 12.8 Å². The molecule has 0 N–H and O–H groups in total. The van der Waals surface area contributed by atoms with Crippen LogP contribution in [0.4, 0.5) is 5.69 Å². The molecule has 0 spiro atoms. The lowest BCUT2D eigenvalue weighted by atomic mass is 9.71. The van der Waals surface area contributed by atoms with Crippen molar-refractivity contribution in [3.05, 3.63) is 30.3 Å². The van der Waals surface area contributed by atoms with Gasteiger partial charge >= 0.3 is 5.97 Å². The van der Waals surface area contributed by atoms with E-state index in [0.717, 1.165) is 31.6 Å².